The average molecular weight is 413 g/mol. The van der Waals surface area contributed by atoms with E-state index >= 15 is 0 Å². The van der Waals surface area contributed by atoms with Crippen LogP contribution >= 0.6 is 0 Å². The van der Waals surface area contributed by atoms with Gasteiger partial charge < -0.3 is 11.1 Å². The van der Waals surface area contributed by atoms with Crippen LogP contribution in [0, 0.1) is 6.92 Å². The lowest BCUT2D eigenvalue weighted by Crippen LogP contribution is -2.16. The Bertz CT molecular complexity index is 1260. The van der Waals surface area contributed by atoms with Gasteiger partial charge in [0.05, 0.1) is 17.1 Å². The summed E-state index contributed by atoms with van der Waals surface area (Å²) in [4.78, 5) is 28.2. The molecule has 0 aliphatic carbocycles. The van der Waals surface area contributed by atoms with E-state index in [1.54, 1.807) is 30.1 Å². The molecule has 31 heavy (non-hydrogen) atoms. The molecule has 0 unspecified atom stereocenters. The van der Waals surface area contributed by atoms with Crippen molar-refractivity contribution in [2.75, 3.05) is 5.32 Å². The number of primary amides is 1. The van der Waals surface area contributed by atoms with Crippen molar-refractivity contribution >= 4 is 23.6 Å². The molecular formula is C22H19N7O2. The lowest BCUT2D eigenvalue weighted by Gasteiger charge is -2.02. The van der Waals surface area contributed by atoms with Gasteiger partial charge in [-0.2, -0.15) is 10.2 Å². The van der Waals surface area contributed by atoms with Gasteiger partial charge in [-0.05, 0) is 37.3 Å². The molecule has 0 saturated heterocycles. The molecule has 2 amide bonds. The Hall–Kier alpha value is -4.53. The summed E-state index contributed by atoms with van der Waals surface area (Å²) >= 11 is 0. The number of H-pyrrole nitrogens is 1. The molecule has 154 valence electrons. The van der Waals surface area contributed by atoms with E-state index in [0.717, 1.165) is 16.8 Å². The van der Waals surface area contributed by atoms with Crippen molar-refractivity contribution in [3.05, 3.63) is 84.1 Å². The minimum atomic E-state index is -0.730. The van der Waals surface area contributed by atoms with Crippen LogP contribution in [0.4, 0.5) is 5.69 Å². The first-order valence-corrected chi connectivity index (χ1v) is 9.42. The van der Waals surface area contributed by atoms with Crippen molar-refractivity contribution in [1.29, 1.82) is 0 Å². The molecule has 0 spiro atoms. The molecule has 0 bridgehead atoms. The summed E-state index contributed by atoms with van der Waals surface area (Å²) in [6, 6.07) is 13.4. The fourth-order valence-corrected chi connectivity index (χ4v) is 3.04. The molecule has 4 aromatic rings. The largest absolute Gasteiger partial charge is 0.364 e. The second-order valence-electron chi connectivity index (χ2n) is 6.71. The van der Waals surface area contributed by atoms with Crippen molar-refractivity contribution in [2.24, 2.45) is 5.73 Å². The van der Waals surface area contributed by atoms with E-state index in [1.165, 1.54) is 6.08 Å². The average Bonchev–Trinajstić information content (AvgIpc) is 3.38. The zero-order valence-corrected chi connectivity index (χ0v) is 16.6. The molecule has 3 heterocycles. The minimum absolute atomic E-state index is 0.0211. The maximum atomic E-state index is 12.5. The molecule has 0 atom stereocenters. The summed E-state index contributed by atoms with van der Waals surface area (Å²) in [5.74, 6) is -1.16. The van der Waals surface area contributed by atoms with Crippen molar-refractivity contribution in [3.8, 4) is 16.9 Å². The Morgan fingerprint density at radius 3 is 2.68 bits per heavy atom. The number of anilines is 1. The van der Waals surface area contributed by atoms with Crippen LogP contribution in [0.15, 0.2) is 67.1 Å². The van der Waals surface area contributed by atoms with Crippen LogP contribution < -0.4 is 11.1 Å². The van der Waals surface area contributed by atoms with Crippen LogP contribution in [-0.4, -0.2) is 36.8 Å². The topological polar surface area (TPSA) is 132 Å². The first-order chi connectivity index (χ1) is 15.0. The second-order valence-corrected chi connectivity index (χ2v) is 6.71. The molecule has 9 heteroatoms. The summed E-state index contributed by atoms with van der Waals surface area (Å²) in [6.07, 6.45) is 8.25. The zero-order valence-electron chi connectivity index (χ0n) is 16.6. The van der Waals surface area contributed by atoms with Gasteiger partial charge in [-0.3, -0.25) is 19.7 Å². The van der Waals surface area contributed by atoms with Gasteiger partial charge in [0.15, 0.2) is 5.69 Å². The number of hydrogen-bond donors (Lipinski definition) is 3. The van der Waals surface area contributed by atoms with Gasteiger partial charge in [-0.25, -0.2) is 4.68 Å². The molecule has 0 saturated carbocycles. The van der Waals surface area contributed by atoms with Gasteiger partial charge in [0.2, 0.25) is 5.91 Å². The minimum Gasteiger partial charge on any atom is -0.364 e. The summed E-state index contributed by atoms with van der Waals surface area (Å²) in [5, 5.41) is 13.8. The number of benzene rings is 1. The van der Waals surface area contributed by atoms with E-state index in [0.29, 0.717) is 11.4 Å². The third kappa shape index (κ3) is 4.25. The highest BCUT2D eigenvalue weighted by Crippen LogP contribution is 2.24. The Morgan fingerprint density at radius 1 is 1.16 bits per heavy atom. The van der Waals surface area contributed by atoms with Gasteiger partial charge in [-0.1, -0.05) is 18.2 Å². The summed E-state index contributed by atoms with van der Waals surface area (Å²) in [5.41, 5.74) is 9.18. The molecule has 4 rings (SSSR count). The quantitative estimate of drug-likeness (QED) is 0.418. The summed E-state index contributed by atoms with van der Waals surface area (Å²) < 4.78 is 1.74. The molecular weight excluding hydrogens is 394 g/mol. The molecule has 0 radical (unpaired) electrons. The highest BCUT2D eigenvalue weighted by molar-refractivity contribution is 6.07. The maximum absolute atomic E-state index is 12.5. The van der Waals surface area contributed by atoms with Gasteiger partial charge in [0, 0.05) is 35.8 Å². The monoisotopic (exact) mass is 413 g/mol. The molecule has 3 aromatic heterocycles. The zero-order chi connectivity index (χ0) is 21.8. The van der Waals surface area contributed by atoms with E-state index in [1.807, 2.05) is 48.7 Å². The van der Waals surface area contributed by atoms with E-state index in [9.17, 15) is 9.59 Å². The predicted octanol–water partition coefficient (Wildman–Crippen LogP) is 2.72. The number of hydrogen-bond acceptors (Lipinski definition) is 5. The number of carbonyl (C=O) groups is 2. The predicted molar refractivity (Wildman–Crippen MR) is 116 cm³/mol. The van der Waals surface area contributed by atoms with Crippen molar-refractivity contribution in [2.45, 2.75) is 6.92 Å². The third-order valence-electron chi connectivity index (χ3n) is 4.54. The highest BCUT2D eigenvalue weighted by Gasteiger charge is 2.17. The van der Waals surface area contributed by atoms with Crippen LogP contribution in [-0.2, 0) is 4.79 Å². The fraction of sp³-hybridized carbons (Fsp3) is 0.0455. The lowest BCUT2D eigenvalue weighted by atomic mass is 10.1. The Kier molecular flexibility index (Phi) is 5.39. The van der Waals surface area contributed by atoms with Gasteiger partial charge >= 0.3 is 0 Å². The number of carbonyl (C=O) groups excluding carboxylic acids is 2. The molecule has 0 aliphatic rings. The van der Waals surface area contributed by atoms with E-state index in [-0.39, 0.29) is 11.4 Å². The number of aromatic amines is 1. The number of nitrogens with one attached hydrogen (secondary N) is 2. The lowest BCUT2D eigenvalue weighted by molar-refractivity contribution is -0.111. The van der Waals surface area contributed by atoms with Crippen LogP contribution in [0.1, 0.15) is 21.7 Å². The molecule has 9 nitrogen and oxygen atoms in total. The number of rotatable bonds is 6. The number of para-hydroxylation sites is 1. The first kappa shape index (κ1) is 19.8. The summed E-state index contributed by atoms with van der Waals surface area (Å²) in [6.45, 7) is 1.68. The SMILES string of the molecule is Cc1[nH]nc(C(N)=O)c1NC(=O)/C=C/c1cn(-c2ccccc2)nc1-c1cccnc1. The van der Waals surface area contributed by atoms with E-state index in [4.69, 9.17) is 5.73 Å². The molecule has 0 fully saturated rings. The normalized spacial score (nSPS) is 11.0. The maximum Gasteiger partial charge on any atom is 0.271 e. The number of aryl methyl sites for hydroxylation is 1. The second kappa shape index (κ2) is 8.46. The molecule has 0 aliphatic heterocycles. The summed E-state index contributed by atoms with van der Waals surface area (Å²) in [7, 11) is 0. The number of nitrogens with two attached hydrogens (primary N) is 1. The first-order valence-electron chi connectivity index (χ1n) is 9.42. The number of nitrogens with zero attached hydrogens (tertiary/aromatic N) is 4. The van der Waals surface area contributed by atoms with Crippen LogP contribution in [0.2, 0.25) is 0 Å². The Morgan fingerprint density at radius 2 is 1.97 bits per heavy atom. The van der Waals surface area contributed by atoms with Gasteiger partial charge in [0.1, 0.15) is 5.69 Å². The van der Waals surface area contributed by atoms with Crippen molar-refractivity contribution < 1.29 is 9.59 Å². The van der Waals surface area contributed by atoms with E-state index < -0.39 is 11.8 Å². The van der Waals surface area contributed by atoms with Crippen molar-refractivity contribution in [1.82, 2.24) is 25.0 Å². The Balaban J connectivity index is 1.65. The Labute approximate surface area is 177 Å². The number of pyridine rings is 1. The third-order valence-corrected chi connectivity index (χ3v) is 4.54. The fourth-order valence-electron chi connectivity index (χ4n) is 3.04. The number of aromatic nitrogens is 5. The standard InChI is InChI=1S/C22H19N7O2/c1-14-19(21(22(23)31)27-26-14)25-18(30)10-9-16-13-29(17-7-3-2-4-8-17)28-20(16)15-6-5-11-24-12-15/h2-13H,1H3,(H2,23,31)(H,25,30)(H,26,27)/b10-9+. The van der Waals surface area contributed by atoms with Crippen LogP contribution in [0.3, 0.4) is 0 Å². The van der Waals surface area contributed by atoms with Crippen molar-refractivity contribution in [3.63, 3.8) is 0 Å². The molecule has 1 aromatic carbocycles. The highest BCUT2D eigenvalue weighted by atomic mass is 16.2. The number of amides is 2. The van der Waals surface area contributed by atoms with E-state index in [2.05, 4.69) is 25.6 Å². The van der Waals surface area contributed by atoms with Gasteiger partial charge in [-0.15, -0.1) is 0 Å². The van der Waals surface area contributed by atoms with Crippen LogP contribution in [0.25, 0.3) is 23.0 Å². The van der Waals surface area contributed by atoms with Crippen LogP contribution in [0.5, 0.6) is 0 Å². The van der Waals surface area contributed by atoms with Gasteiger partial charge in [0.25, 0.3) is 5.91 Å². The smallest absolute Gasteiger partial charge is 0.271 e. The molecule has 4 N–H and O–H groups in total.